The number of thiophene rings is 2. The molecule has 0 N–H and O–H groups in total. The minimum Gasteiger partial charge on any atom is -0.331 e. The van der Waals surface area contributed by atoms with E-state index < -0.39 is 0 Å². The second-order valence-electron chi connectivity index (χ2n) is 4.32. The molecule has 1 amide bonds. The summed E-state index contributed by atoms with van der Waals surface area (Å²) < 4.78 is 0.671. The van der Waals surface area contributed by atoms with Gasteiger partial charge < -0.3 is 4.90 Å². The van der Waals surface area contributed by atoms with Gasteiger partial charge in [0, 0.05) is 6.54 Å². The Morgan fingerprint density at radius 3 is 2.94 bits per heavy atom. The fourth-order valence-corrected chi connectivity index (χ4v) is 4.10. The Kier molecular flexibility index (Phi) is 3.41. The summed E-state index contributed by atoms with van der Waals surface area (Å²) in [5.74, 6) is 0.112. The first kappa shape index (κ1) is 12.2. The number of halogens is 1. The number of nitrogens with zero attached hydrogens (tertiary/aromatic N) is 1. The van der Waals surface area contributed by atoms with Crippen LogP contribution >= 0.6 is 34.3 Å². The normalized spacial score (nSPS) is 19.4. The van der Waals surface area contributed by atoms with Crippen molar-refractivity contribution in [2.75, 3.05) is 6.54 Å². The van der Waals surface area contributed by atoms with E-state index in [-0.39, 0.29) is 11.9 Å². The molecule has 0 radical (unpaired) electrons. The van der Waals surface area contributed by atoms with Gasteiger partial charge >= 0.3 is 0 Å². The van der Waals surface area contributed by atoms with E-state index in [1.165, 1.54) is 16.9 Å². The number of amides is 1. The van der Waals surface area contributed by atoms with Crippen LogP contribution in [-0.2, 0) is 0 Å². The molecule has 1 aliphatic rings. The molecule has 0 unspecified atom stereocenters. The zero-order valence-corrected chi connectivity index (χ0v) is 12.0. The van der Waals surface area contributed by atoms with Crippen molar-refractivity contribution in [1.29, 1.82) is 0 Å². The third kappa shape index (κ3) is 2.20. The molecular weight excluding hydrogens is 286 g/mol. The molecule has 1 aliphatic heterocycles. The van der Waals surface area contributed by atoms with E-state index in [9.17, 15) is 4.79 Å². The van der Waals surface area contributed by atoms with Crippen molar-refractivity contribution in [3.63, 3.8) is 0 Å². The molecule has 0 bridgehead atoms. The van der Waals surface area contributed by atoms with Gasteiger partial charge in [0.2, 0.25) is 0 Å². The minimum absolute atomic E-state index is 0.112. The van der Waals surface area contributed by atoms with Crippen LogP contribution in [-0.4, -0.2) is 17.4 Å². The highest BCUT2D eigenvalue weighted by Gasteiger charge is 2.31. The Morgan fingerprint density at radius 1 is 1.39 bits per heavy atom. The second kappa shape index (κ2) is 5.03. The molecule has 0 aliphatic carbocycles. The molecule has 3 heterocycles. The molecule has 2 aromatic rings. The van der Waals surface area contributed by atoms with Gasteiger partial charge in [0.05, 0.1) is 15.3 Å². The van der Waals surface area contributed by atoms with Crippen molar-refractivity contribution in [3.05, 3.63) is 43.7 Å². The fourth-order valence-electron chi connectivity index (χ4n) is 2.39. The molecule has 3 rings (SSSR count). The average molecular weight is 298 g/mol. The zero-order valence-electron chi connectivity index (χ0n) is 9.64. The predicted octanol–water partition coefficient (Wildman–Crippen LogP) is 4.44. The second-order valence-corrected chi connectivity index (χ2v) is 6.81. The quantitative estimate of drug-likeness (QED) is 0.802. The molecule has 1 fully saturated rings. The van der Waals surface area contributed by atoms with Crippen LogP contribution in [0.15, 0.2) is 29.0 Å². The van der Waals surface area contributed by atoms with Gasteiger partial charge in [-0.05, 0) is 47.4 Å². The van der Waals surface area contributed by atoms with Gasteiger partial charge in [0.15, 0.2) is 0 Å². The van der Waals surface area contributed by atoms with E-state index in [1.807, 2.05) is 11.0 Å². The highest BCUT2D eigenvalue weighted by Crippen LogP contribution is 2.35. The zero-order chi connectivity index (χ0) is 12.5. The van der Waals surface area contributed by atoms with Crippen LogP contribution in [0.3, 0.4) is 0 Å². The number of hydrogen-bond donors (Lipinski definition) is 0. The van der Waals surface area contributed by atoms with Crippen LogP contribution in [0.25, 0.3) is 0 Å². The minimum atomic E-state index is 0.112. The Morgan fingerprint density at radius 2 is 2.28 bits per heavy atom. The number of carbonyl (C=O) groups is 1. The van der Waals surface area contributed by atoms with E-state index in [0.29, 0.717) is 4.34 Å². The molecule has 94 valence electrons. The summed E-state index contributed by atoms with van der Waals surface area (Å²) >= 11 is 8.94. The highest BCUT2D eigenvalue weighted by molar-refractivity contribution is 7.18. The van der Waals surface area contributed by atoms with E-state index in [2.05, 4.69) is 16.8 Å². The van der Waals surface area contributed by atoms with Crippen molar-refractivity contribution < 1.29 is 4.79 Å². The summed E-state index contributed by atoms with van der Waals surface area (Å²) in [4.78, 5) is 15.2. The third-order valence-electron chi connectivity index (χ3n) is 3.23. The maximum absolute atomic E-state index is 12.4. The van der Waals surface area contributed by atoms with E-state index in [0.717, 1.165) is 24.3 Å². The molecule has 5 heteroatoms. The molecule has 1 atom stereocenters. The van der Waals surface area contributed by atoms with Crippen molar-refractivity contribution in [3.8, 4) is 0 Å². The van der Waals surface area contributed by atoms with Crippen molar-refractivity contribution in [2.24, 2.45) is 0 Å². The lowest BCUT2D eigenvalue weighted by molar-refractivity contribution is 0.0741. The van der Waals surface area contributed by atoms with Crippen LogP contribution in [0.4, 0.5) is 0 Å². The van der Waals surface area contributed by atoms with Crippen molar-refractivity contribution in [1.82, 2.24) is 4.90 Å². The highest BCUT2D eigenvalue weighted by atomic mass is 35.5. The number of carbonyl (C=O) groups excluding carboxylic acids is 1. The molecule has 0 aromatic carbocycles. The summed E-state index contributed by atoms with van der Waals surface area (Å²) in [6, 6.07) is 5.96. The van der Waals surface area contributed by atoms with Crippen LogP contribution in [0.1, 0.15) is 34.1 Å². The lowest BCUT2D eigenvalue weighted by atomic mass is 10.1. The molecule has 0 saturated carbocycles. The topological polar surface area (TPSA) is 20.3 Å². The summed E-state index contributed by atoms with van der Waals surface area (Å²) in [6.07, 6.45) is 2.13. The molecule has 18 heavy (non-hydrogen) atoms. The average Bonchev–Trinajstić information content (AvgIpc) is 3.08. The Labute approximate surface area is 119 Å². The van der Waals surface area contributed by atoms with Crippen molar-refractivity contribution >= 4 is 40.2 Å². The molecule has 0 spiro atoms. The number of rotatable bonds is 2. The summed E-state index contributed by atoms with van der Waals surface area (Å²) in [7, 11) is 0. The molecule has 2 nitrogen and oxygen atoms in total. The van der Waals surface area contributed by atoms with Gasteiger partial charge in [-0.1, -0.05) is 11.6 Å². The first-order chi connectivity index (χ1) is 8.75. The maximum atomic E-state index is 12.4. The lowest BCUT2D eigenvalue weighted by Gasteiger charge is -2.23. The van der Waals surface area contributed by atoms with Crippen LogP contribution < -0.4 is 0 Å². The smallest absolute Gasteiger partial charge is 0.264 e. The van der Waals surface area contributed by atoms with E-state index >= 15 is 0 Å². The summed E-state index contributed by atoms with van der Waals surface area (Å²) in [5.41, 5.74) is 1.26. The maximum Gasteiger partial charge on any atom is 0.264 e. The Hall–Kier alpha value is -0.840. The SMILES string of the molecule is O=C(c1ccc(Cl)s1)N1CCC[C@@H]1c1ccsc1. The molecular formula is C13H12ClNOS2. The third-order valence-corrected chi connectivity index (χ3v) is 5.15. The van der Waals surface area contributed by atoms with Crippen LogP contribution in [0.5, 0.6) is 0 Å². The van der Waals surface area contributed by atoms with Gasteiger partial charge in [-0.15, -0.1) is 11.3 Å². The van der Waals surface area contributed by atoms with Gasteiger partial charge in [-0.3, -0.25) is 4.79 Å². The summed E-state index contributed by atoms with van der Waals surface area (Å²) in [5, 5.41) is 4.20. The first-order valence-corrected chi connectivity index (χ1v) is 7.98. The van der Waals surface area contributed by atoms with E-state index in [1.54, 1.807) is 17.4 Å². The van der Waals surface area contributed by atoms with Crippen LogP contribution in [0.2, 0.25) is 4.34 Å². The largest absolute Gasteiger partial charge is 0.331 e. The van der Waals surface area contributed by atoms with Gasteiger partial charge in [0.1, 0.15) is 0 Å². The van der Waals surface area contributed by atoms with Crippen LogP contribution in [0, 0.1) is 0 Å². The number of hydrogen-bond acceptors (Lipinski definition) is 3. The van der Waals surface area contributed by atoms with Crippen molar-refractivity contribution in [2.45, 2.75) is 18.9 Å². The van der Waals surface area contributed by atoms with Gasteiger partial charge in [-0.25, -0.2) is 0 Å². The molecule has 2 aromatic heterocycles. The first-order valence-electron chi connectivity index (χ1n) is 5.84. The van der Waals surface area contributed by atoms with E-state index in [4.69, 9.17) is 11.6 Å². The molecule has 1 saturated heterocycles. The Bertz CT molecular complexity index is 549. The number of likely N-dealkylation sites (tertiary alicyclic amines) is 1. The monoisotopic (exact) mass is 297 g/mol. The standard InChI is InChI=1S/C13H12ClNOS2/c14-12-4-3-11(18-12)13(16)15-6-1-2-10(15)9-5-7-17-8-9/h3-5,7-8,10H,1-2,6H2/t10-/m1/s1. The summed E-state index contributed by atoms with van der Waals surface area (Å²) in [6.45, 7) is 0.842. The van der Waals surface area contributed by atoms with Gasteiger partial charge in [0.25, 0.3) is 5.91 Å². The predicted molar refractivity (Wildman–Crippen MR) is 76.7 cm³/mol. The lowest BCUT2D eigenvalue weighted by Crippen LogP contribution is -2.29. The fraction of sp³-hybridized carbons (Fsp3) is 0.308. The van der Waals surface area contributed by atoms with Gasteiger partial charge in [-0.2, -0.15) is 11.3 Å². The Balaban J connectivity index is 1.85.